The van der Waals surface area contributed by atoms with Crippen LogP contribution in [0.2, 0.25) is 0 Å². The number of nitrogens with one attached hydrogen (secondary N) is 3. The van der Waals surface area contributed by atoms with E-state index < -0.39 is 0 Å². The van der Waals surface area contributed by atoms with E-state index >= 15 is 0 Å². The van der Waals surface area contributed by atoms with Gasteiger partial charge < -0.3 is 20.3 Å². The molecule has 1 aromatic carbocycles. The highest BCUT2D eigenvalue weighted by Gasteiger charge is 2.27. The van der Waals surface area contributed by atoms with Crippen molar-refractivity contribution in [3.05, 3.63) is 53.2 Å². The zero-order valence-electron chi connectivity index (χ0n) is 14.4. The predicted molar refractivity (Wildman–Crippen MR) is 94.8 cm³/mol. The van der Waals surface area contributed by atoms with Gasteiger partial charge in [0.15, 0.2) is 0 Å². The van der Waals surface area contributed by atoms with Gasteiger partial charge in [-0.1, -0.05) is 30.3 Å². The molecule has 1 unspecified atom stereocenters. The van der Waals surface area contributed by atoms with E-state index in [1.165, 1.54) is 16.0 Å². The maximum atomic E-state index is 12.1. The molecule has 0 saturated carbocycles. The van der Waals surface area contributed by atoms with Gasteiger partial charge in [0.1, 0.15) is 6.54 Å². The van der Waals surface area contributed by atoms with E-state index in [9.17, 15) is 9.59 Å². The van der Waals surface area contributed by atoms with Crippen LogP contribution in [-0.4, -0.2) is 44.8 Å². The number of urea groups is 1. The Morgan fingerprint density at radius 2 is 2.08 bits per heavy atom. The quantitative estimate of drug-likeness (QED) is 0.682. The lowest BCUT2D eigenvalue weighted by molar-refractivity contribution is -0.890. The Kier molecular flexibility index (Phi) is 5.50. The summed E-state index contributed by atoms with van der Waals surface area (Å²) >= 11 is 0. The Morgan fingerprint density at radius 3 is 2.76 bits per heavy atom. The van der Waals surface area contributed by atoms with Gasteiger partial charge >= 0.3 is 12.0 Å². The van der Waals surface area contributed by atoms with E-state index in [-0.39, 0.29) is 18.5 Å². The molecule has 2 amide bonds. The average molecular weight is 342 g/mol. The van der Waals surface area contributed by atoms with Crippen molar-refractivity contribution in [3.8, 4) is 0 Å². The van der Waals surface area contributed by atoms with Crippen LogP contribution in [0.4, 0.5) is 4.79 Å². The van der Waals surface area contributed by atoms with Crippen molar-refractivity contribution in [1.82, 2.24) is 10.6 Å². The second-order valence-corrected chi connectivity index (χ2v) is 6.21. The second-order valence-electron chi connectivity index (χ2n) is 6.21. The van der Waals surface area contributed by atoms with Gasteiger partial charge in [0.25, 0.3) is 0 Å². The topological polar surface area (TPSA) is 71.9 Å². The summed E-state index contributed by atoms with van der Waals surface area (Å²) in [5.74, 6) is -0.359. The van der Waals surface area contributed by atoms with Crippen molar-refractivity contribution < 1.29 is 19.2 Å². The highest BCUT2D eigenvalue weighted by atomic mass is 16.5. The Bertz CT molecular complexity index is 710. The molecule has 3 rings (SSSR count). The molecule has 132 valence electrons. The third-order valence-electron chi connectivity index (χ3n) is 4.53. The van der Waals surface area contributed by atoms with Crippen LogP contribution in [0, 0.1) is 0 Å². The van der Waals surface area contributed by atoms with Crippen molar-refractivity contribution in [1.29, 1.82) is 0 Å². The van der Waals surface area contributed by atoms with Crippen LogP contribution >= 0.6 is 0 Å². The monoisotopic (exact) mass is 342 g/mol. The summed E-state index contributed by atoms with van der Waals surface area (Å²) in [4.78, 5) is 25.1. The standard InChI is InChI=1S/C19H23N3O3/c1-2-25-18(23)16-12-20-19(24)21-17(16)13-22-10-8-15(9-11-22)14-6-4-3-5-7-14/h3-8H,2,9-13H2,1H3,(H2,20,21,24)/p+1. The minimum atomic E-state index is -0.359. The smallest absolute Gasteiger partial charge is 0.337 e. The fourth-order valence-electron chi connectivity index (χ4n) is 3.20. The number of rotatable bonds is 5. The molecule has 2 heterocycles. The molecular weight excluding hydrogens is 318 g/mol. The Morgan fingerprint density at radius 1 is 1.28 bits per heavy atom. The van der Waals surface area contributed by atoms with Crippen molar-refractivity contribution >= 4 is 17.6 Å². The van der Waals surface area contributed by atoms with Crippen LogP contribution < -0.4 is 15.5 Å². The van der Waals surface area contributed by atoms with E-state index in [1.807, 2.05) is 6.07 Å². The number of hydrogen-bond acceptors (Lipinski definition) is 3. The molecule has 1 atom stereocenters. The van der Waals surface area contributed by atoms with Crippen molar-refractivity contribution in [2.45, 2.75) is 13.3 Å². The van der Waals surface area contributed by atoms with E-state index in [0.29, 0.717) is 24.4 Å². The molecule has 0 fully saturated rings. The fraction of sp³-hybridized carbons (Fsp3) is 0.368. The van der Waals surface area contributed by atoms with Crippen LogP contribution in [0.3, 0.4) is 0 Å². The first-order valence-corrected chi connectivity index (χ1v) is 8.69. The second kappa shape index (κ2) is 7.98. The zero-order chi connectivity index (χ0) is 17.6. The van der Waals surface area contributed by atoms with Gasteiger partial charge in [-0.15, -0.1) is 0 Å². The van der Waals surface area contributed by atoms with Crippen LogP contribution in [0.15, 0.2) is 47.7 Å². The molecule has 2 aliphatic heterocycles. The number of carbonyl (C=O) groups excluding carboxylic acids is 2. The van der Waals surface area contributed by atoms with E-state index in [2.05, 4.69) is 41.0 Å². The highest BCUT2D eigenvalue weighted by Crippen LogP contribution is 2.18. The molecule has 0 aromatic heterocycles. The molecule has 0 radical (unpaired) electrons. The fourth-order valence-corrected chi connectivity index (χ4v) is 3.20. The summed E-state index contributed by atoms with van der Waals surface area (Å²) in [5.41, 5.74) is 3.82. The highest BCUT2D eigenvalue weighted by molar-refractivity contribution is 5.93. The molecule has 6 nitrogen and oxygen atoms in total. The average Bonchev–Trinajstić information content (AvgIpc) is 2.63. The number of amides is 2. The molecule has 0 saturated heterocycles. The lowest BCUT2D eigenvalue weighted by Crippen LogP contribution is -3.12. The number of esters is 1. The molecule has 0 aliphatic carbocycles. The molecule has 2 aliphatic rings. The number of carbonyl (C=O) groups is 2. The predicted octanol–water partition coefficient (Wildman–Crippen LogP) is 0.489. The van der Waals surface area contributed by atoms with Gasteiger partial charge in [0.2, 0.25) is 0 Å². The maximum Gasteiger partial charge on any atom is 0.337 e. The van der Waals surface area contributed by atoms with Gasteiger partial charge in [-0.05, 0) is 24.1 Å². The first kappa shape index (κ1) is 17.2. The molecule has 6 heteroatoms. The van der Waals surface area contributed by atoms with Crippen LogP contribution in [-0.2, 0) is 9.53 Å². The van der Waals surface area contributed by atoms with Gasteiger partial charge in [-0.2, -0.15) is 0 Å². The molecule has 0 spiro atoms. The third kappa shape index (κ3) is 4.28. The van der Waals surface area contributed by atoms with Gasteiger partial charge in [0, 0.05) is 6.42 Å². The largest absolute Gasteiger partial charge is 0.463 e. The van der Waals surface area contributed by atoms with E-state index in [0.717, 1.165) is 19.5 Å². The van der Waals surface area contributed by atoms with Gasteiger partial charge in [-0.25, -0.2) is 9.59 Å². The first-order valence-electron chi connectivity index (χ1n) is 8.69. The van der Waals surface area contributed by atoms with Crippen molar-refractivity contribution in [3.63, 3.8) is 0 Å². The maximum absolute atomic E-state index is 12.1. The van der Waals surface area contributed by atoms with Crippen LogP contribution in [0.25, 0.3) is 5.57 Å². The Hall–Kier alpha value is -2.60. The van der Waals surface area contributed by atoms with Crippen LogP contribution in [0.5, 0.6) is 0 Å². The molecule has 25 heavy (non-hydrogen) atoms. The molecular formula is C19H24N3O3+. The van der Waals surface area contributed by atoms with Crippen LogP contribution in [0.1, 0.15) is 18.9 Å². The number of benzene rings is 1. The number of hydrogen-bond donors (Lipinski definition) is 3. The third-order valence-corrected chi connectivity index (χ3v) is 4.53. The van der Waals surface area contributed by atoms with Crippen molar-refractivity contribution in [2.24, 2.45) is 0 Å². The minimum Gasteiger partial charge on any atom is -0.463 e. The summed E-state index contributed by atoms with van der Waals surface area (Å²) in [6.07, 6.45) is 3.23. The summed E-state index contributed by atoms with van der Waals surface area (Å²) in [5, 5.41) is 5.42. The lowest BCUT2D eigenvalue weighted by atomic mass is 9.99. The summed E-state index contributed by atoms with van der Waals surface area (Å²) in [6, 6.07) is 10.1. The zero-order valence-corrected chi connectivity index (χ0v) is 14.4. The van der Waals surface area contributed by atoms with Gasteiger partial charge in [-0.3, -0.25) is 0 Å². The summed E-state index contributed by atoms with van der Waals surface area (Å²) < 4.78 is 5.10. The molecule has 1 aromatic rings. The SMILES string of the molecule is CCOC(=O)C1=C(C[NH+]2CC=C(c3ccccc3)CC2)NC(=O)NC1. The first-order chi connectivity index (χ1) is 12.2. The normalized spacial score (nSPS) is 20.4. The minimum absolute atomic E-state index is 0.221. The summed E-state index contributed by atoms with van der Waals surface area (Å²) in [7, 11) is 0. The number of ether oxygens (including phenoxy) is 1. The lowest BCUT2D eigenvalue weighted by Gasteiger charge is -2.27. The Labute approximate surface area is 147 Å². The van der Waals surface area contributed by atoms with E-state index in [4.69, 9.17) is 4.74 Å². The molecule has 3 N–H and O–H groups in total. The van der Waals surface area contributed by atoms with Gasteiger partial charge in [0.05, 0.1) is 37.5 Å². The Balaban J connectivity index is 1.69. The van der Waals surface area contributed by atoms with Crippen molar-refractivity contribution in [2.75, 3.05) is 32.8 Å². The summed E-state index contributed by atoms with van der Waals surface area (Å²) in [6.45, 7) is 4.76. The van der Waals surface area contributed by atoms with E-state index in [1.54, 1.807) is 6.92 Å². The molecule has 0 bridgehead atoms. The number of quaternary nitrogens is 1.